The second kappa shape index (κ2) is 5.56. The zero-order valence-corrected chi connectivity index (χ0v) is 10.3. The summed E-state index contributed by atoms with van der Waals surface area (Å²) in [5, 5.41) is 11.9. The number of hydrogen-bond donors (Lipinski definition) is 2. The van der Waals surface area contributed by atoms with Gasteiger partial charge < -0.3 is 10.4 Å². The Labute approximate surface area is 110 Å². The lowest BCUT2D eigenvalue weighted by Crippen LogP contribution is -2.12. The summed E-state index contributed by atoms with van der Waals surface area (Å²) in [6.07, 6.45) is 0. The maximum absolute atomic E-state index is 11.1. The van der Waals surface area contributed by atoms with Crippen LogP contribution in [0.1, 0.15) is 0 Å². The van der Waals surface area contributed by atoms with Crippen LogP contribution in [0, 0.1) is 0 Å². The Hall–Kier alpha value is -2.00. The Morgan fingerprint density at radius 1 is 1.00 bits per heavy atom. The van der Waals surface area contributed by atoms with Gasteiger partial charge in [-0.15, -0.1) is 11.6 Å². The summed E-state index contributed by atoms with van der Waals surface area (Å²) in [6.45, 7) is 0. The van der Waals surface area contributed by atoms with Crippen LogP contribution in [-0.2, 0) is 4.79 Å². The minimum Gasteiger partial charge on any atom is -0.508 e. The second-order valence-electron chi connectivity index (χ2n) is 3.81. The van der Waals surface area contributed by atoms with Crippen LogP contribution in [-0.4, -0.2) is 16.9 Å². The van der Waals surface area contributed by atoms with Crippen molar-refractivity contribution in [3.05, 3.63) is 48.5 Å². The highest BCUT2D eigenvalue weighted by Crippen LogP contribution is 2.23. The molecule has 1 amide bonds. The zero-order chi connectivity index (χ0) is 13.0. The number of benzene rings is 2. The third-order valence-corrected chi connectivity index (χ3v) is 2.73. The van der Waals surface area contributed by atoms with Crippen molar-refractivity contribution in [3.8, 4) is 16.9 Å². The van der Waals surface area contributed by atoms with Crippen molar-refractivity contribution >= 4 is 23.2 Å². The van der Waals surface area contributed by atoms with E-state index in [4.69, 9.17) is 11.6 Å². The Morgan fingerprint density at radius 3 is 2.00 bits per heavy atom. The van der Waals surface area contributed by atoms with E-state index in [1.807, 2.05) is 36.4 Å². The minimum absolute atomic E-state index is 0.0558. The van der Waals surface area contributed by atoms with Crippen LogP contribution >= 0.6 is 11.6 Å². The summed E-state index contributed by atoms with van der Waals surface area (Å²) in [6, 6.07) is 14.4. The molecular formula is C14H12ClNO2. The number of anilines is 1. The number of halogens is 1. The van der Waals surface area contributed by atoms with Crippen LogP contribution in [0.15, 0.2) is 48.5 Å². The maximum Gasteiger partial charge on any atom is 0.239 e. The lowest BCUT2D eigenvalue weighted by molar-refractivity contribution is -0.113. The molecule has 0 unspecified atom stereocenters. The maximum atomic E-state index is 11.1. The molecule has 0 heterocycles. The Morgan fingerprint density at radius 2 is 1.50 bits per heavy atom. The number of alkyl halides is 1. The topological polar surface area (TPSA) is 49.3 Å². The van der Waals surface area contributed by atoms with Gasteiger partial charge in [0, 0.05) is 5.69 Å². The highest BCUT2D eigenvalue weighted by atomic mass is 35.5. The van der Waals surface area contributed by atoms with Gasteiger partial charge in [0.05, 0.1) is 0 Å². The summed E-state index contributed by atoms with van der Waals surface area (Å²) < 4.78 is 0. The first-order chi connectivity index (χ1) is 8.69. The molecule has 2 N–H and O–H groups in total. The fourth-order valence-electron chi connectivity index (χ4n) is 1.59. The summed E-state index contributed by atoms with van der Waals surface area (Å²) >= 11 is 5.41. The van der Waals surface area contributed by atoms with Gasteiger partial charge in [0.2, 0.25) is 5.91 Å². The Bertz CT molecular complexity index is 535. The van der Waals surface area contributed by atoms with Gasteiger partial charge in [0.1, 0.15) is 11.6 Å². The molecule has 0 saturated heterocycles. The molecule has 0 fully saturated rings. The molecule has 2 aromatic rings. The number of rotatable bonds is 3. The molecule has 2 rings (SSSR count). The van der Waals surface area contributed by atoms with Crippen molar-refractivity contribution in [2.45, 2.75) is 0 Å². The zero-order valence-electron chi connectivity index (χ0n) is 9.56. The van der Waals surface area contributed by atoms with E-state index in [2.05, 4.69) is 5.32 Å². The number of phenolic OH excluding ortho intramolecular Hbond substituents is 1. The summed E-state index contributed by atoms with van der Waals surface area (Å²) in [4.78, 5) is 11.1. The van der Waals surface area contributed by atoms with Crippen molar-refractivity contribution in [3.63, 3.8) is 0 Å². The summed E-state index contributed by atoms with van der Waals surface area (Å²) in [7, 11) is 0. The highest BCUT2D eigenvalue weighted by molar-refractivity contribution is 6.29. The van der Waals surface area contributed by atoms with Gasteiger partial charge in [-0.05, 0) is 35.4 Å². The molecule has 0 aromatic heterocycles. The summed E-state index contributed by atoms with van der Waals surface area (Å²) in [5.41, 5.74) is 2.73. The SMILES string of the molecule is O=C(CCl)Nc1ccc(-c2ccc(O)cc2)cc1. The fraction of sp³-hybridized carbons (Fsp3) is 0.0714. The van der Waals surface area contributed by atoms with Gasteiger partial charge in [-0.3, -0.25) is 4.79 Å². The van der Waals surface area contributed by atoms with Gasteiger partial charge >= 0.3 is 0 Å². The van der Waals surface area contributed by atoms with Gasteiger partial charge in [-0.1, -0.05) is 24.3 Å². The normalized spacial score (nSPS) is 10.1. The first-order valence-electron chi connectivity index (χ1n) is 5.44. The molecule has 0 aliphatic heterocycles. The van der Waals surface area contributed by atoms with Crippen LogP contribution in [0.3, 0.4) is 0 Å². The van der Waals surface area contributed by atoms with E-state index >= 15 is 0 Å². The van der Waals surface area contributed by atoms with E-state index in [0.717, 1.165) is 11.1 Å². The molecule has 3 nitrogen and oxygen atoms in total. The fourth-order valence-corrected chi connectivity index (χ4v) is 1.66. The van der Waals surface area contributed by atoms with Gasteiger partial charge in [0.15, 0.2) is 0 Å². The number of phenols is 1. The lowest BCUT2D eigenvalue weighted by atomic mass is 10.1. The van der Waals surface area contributed by atoms with Crippen LogP contribution in [0.25, 0.3) is 11.1 Å². The molecule has 2 aromatic carbocycles. The van der Waals surface area contributed by atoms with Crippen molar-refractivity contribution in [1.82, 2.24) is 0 Å². The van der Waals surface area contributed by atoms with Crippen molar-refractivity contribution in [2.24, 2.45) is 0 Å². The monoisotopic (exact) mass is 261 g/mol. The minimum atomic E-state index is -0.228. The van der Waals surface area contributed by atoms with Gasteiger partial charge in [0.25, 0.3) is 0 Å². The molecule has 0 atom stereocenters. The Kier molecular flexibility index (Phi) is 3.85. The molecule has 0 aliphatic carbocycles. The number of nitrogens with one attached hydrogen (secondary N) is 1. The van der Waals surface area contributed by atoms with E-state index in [1.54, 1.807) is 12.1 Å². The molecule has 4 heteroatoms. The molecule has 0 saturated carbocycles. The number of carbonyl (C=O) groups excluding carboxylic acids is 1. The number of amides is 1. The first-order valence-corrected chi connectivity index (χ1v) is 5.98. The smallest absolute Gasteiger partial charge is 0.239 e. The lowest BCUT2D eigenvalue weighted by Gasteiger charge is -2.05. The number of carbonyl (C=O) groups is 1. The Balaban J connectivity index is 2.17. The van der Waals surface area contributed by atoms with Crippen molar-refractivity contribution < 1.29 is 9.90 Å². The molecule has 0 radical (unpaired) electrons. The van der Waals surface area contributed by atoms with Gasteiger partial charge in [-0.2, -0.15) is 0 Å². The molecule has 0 spiro atoms. The van der Waals surface area contributed by atoms with Crippen molar-refractivity contribution in [2.75, 3.05) is 11.2 Å². The molecule has 92 valence electrons. The van der Waals surface area contributed by atoms with Crippen LogP contribution in [0.5, 0.6) is 5.75 Å². The van der Waals surface area contributed by atoms with E-state index in [0.29, 0.717) is 5.69 Å². The highest BCUT2D eigenvalue weighted by Gasteiger charge is 2.01. The molecule has 18 heavy (non-hydrogen) atoms. The van der Waals surface area contributed by atoms with E-state index in [9.17, 15) is 9.90 Å². The number of aromatic hydroxyl groups is 1. The van der Waals surface area contributed by atoms with Crippen molar-refractivity contribution in [1.29, 1.82) is 0 Å². The molecule has 0 bridgehead atoms. The average Bonchev–Trinajstić information content (AvgIpc) is 2.40. The number of hydrogen-bond acceptors (Lipinski definition) is 2. The molecule has 0 aliphatic rings. The van der Waals surface area contributed by atoms with Gasteiger partial charge in [-0.25, -0.2) is 0 Å². The van der Waals surface area contributed by atoms with Crippen LogP contribution in [0.2, 0.25) is 0 Å². The predicted octanol–water partition coefficient (Wildman–Crippen LogP) is 3.24. The quantitative estimate of drug-likeness (QED) is 0.834. The predicted molar refractivity (Wildman–Crippen MR) is 72.9 cm³/mol. The van der Waals surface area contributed by atoms with E-state index in [1.165, 1.54) is 0 Å². The van der Waals surface area contributed by atoms with Crippen LogP contribution < -0.4 is 5.32 Å². The first kappa shape index (κ1) is 12.5. The molecular weight excluding hydrogens is 250 g/mol. The average molecular weight is 262 g/mol. The van der Waals surface area contributed by atoms with E-state index in [-0.39, 0.29) is 17.5 Å². The third-order valence-electron chi connectivity index (χ3n) is 2.49. The van der Waals surface area contributed by atoms with Crippen LogP contribution in [0.4, 0.5) is 5.69 Å². The largest absolute Gasteiger partial charge is 0.508 e. The standard InChI is InChI=1S/C14H12ClNO2/c15-9-14(18)16-12-5-1-10(2-6-12)11-3-7-13(17)8-4-11/h1-8,17H,9H2,(H,16,18). The summed E-state index contributed by atoms with van der Waals surface area (Å²) in [5.74, 6) is -0.0431. The third kappa shape index (κ3) is 3.02. The van der Waals surface area contributed by atoms with E-state index < -0.39 is 0 Å². The second-order valence-corrected chi connectivity index (χ2v) is 4.07.